The highest BCUT2D eigenvalue weighted by Gasteiger charge is 2.20. The van der Waals surface area contributed by atoms with Crippen molar-refractivity contribution < 1.29 is 14.6 Å². The number of hydrogen-bond donors (Lipinski definition) is 3. The molecule has 0 bridgehead atoms. The van der Waals surface area contributed by atoms with Crippen LogP contribution in [0.3, 0.4) is 0 Å². The number of benzene rings is 3. The van der Waals surface area contributed by atoms with Crippen molar-refractivity contribution in [3.63, 3.8) is 0 Å². The molecule has 5 nitrogen and oxygen atoms in total. The van der Waals surface area contributed by atoms with Gasteiger partial charge in [-0.15, -0.1) is 0 Å². The zero-order chi connectivity index (χ0) is 19.7. The molecule has 0 aromatic heterocycles. The summed E-state index contributed by atoms with van der Waals surface area (Å²) in [4.78, 5) is 12.7. The first-order valence-corrected chi connectivity index (χ1v) is 9.27. The Morgan fingerprint density at radius 3 is 2.50 bits per heavy atom. The topological polar surface area (TPSA) is 70.6 Å². The molecule has 3 aromatic carbocycles. The number of ether oxygens (including phenoxy) is 1. The van der Waals surface area contributed by atoms with Crippen LogP contribution < -0.4 is 15.4 Å². The second kappa shape index (κ2) is 7.54. The van der Waals surface area contributed by atoms with Crippen LogP contribution in [0.4, 0.5) is 17.1 Å². The van der Waals surface area contributed by atoms with Gasteiger partial charge in [0.05, 0.1) is 34.8 Å². The van der Waals surface area contributed by atoms with E-state index in [4.69, 9.17) is 21.4 Å². The lowest BCUT2D eigenvalue weighted by Gasteiger charge is -2.12. The maximum atomic E-state index is 12.7. The van der Waals surface area contributed by atoms with Crippen LogP contribution in [0.15, 0.2) is 54.6 Å². The molecule has 0 unspecified atom stereocenters. The zero-order valence-electron chi connectivity index (χ0n) is 15.3. The Labute approximate surface area is 167 Å². The van der Waals surface area contributed by atoms with E-state index in [1.54, 1.807) is 19.2 Å². The highest BCUT2D eigenvalue weighted by Crippen LogP contribution is 2.36. The van der Waals surface area contributed by atoms with E-state index >= 15 is 0 Å². The Morgan fingerprint density at radius 1 is 0.929 bits per heavy atom. The van der Waals surface area contributed by atoms with Crippen molar-refractivity contribution >= 4 is 34.6 Å². The van der Waals surface area contributed by atoms with Gasteiger partial charge in [-0.3, -0.25) is 4.79 Å². The summed E-state index contributed by atoms with van der Waals surface area (Å²) in [5.41, 5.74) is 5.62. The fourth-order valence-corrected chi connectivity index (χ4v) is 3.48. The Hall–Kier alpha value is -3.02. The first-order chi connectivity index (χ1) is 13.6. The van der Waals surface area contributed by atoms with Gasteiger partial charge in [0.15, 0.2) is 0 Å². The number of methoxy groups -OCH3 is 1. The van der Waals surface area contributed by atoms with Crippen molar-refractivity contribution in [1.29, 1.82) is 0 Å². The van der Waals surface area contributed by atoms with Crippen LogP contribution >= 0.6 is 11.6 Å². The molecule has 1 aliphatic rings. The average Bonchev–Trinajstić information content (AvgIpc) is 2.83. The number of halogens is 1. The fraction of sp³-hybridized carbons (Fsp3) is 0.136. The van der Waals surface area contributed by atoms with Crippen molar-refractivity contribution in [2.24, 2.45) is 0 Å². The number of fused-ring (bicyclic) bond motifs is 2. The molecule has 0 fully saturated rings. The first-order valence-electron chi connectivity index (χ1n) is 8.89. The minimum absolute atomic E-state index is 0.0638. The maximum Gasteiger partial charge on any atom is 0.257 e. The summed E-state index contributed by atoms with van der Waals surface area (Å²) in [6, 6.07) is 16.9. The fourth-order valence-electron chi connectivity index (χ4n) is 3.29. The highest BCUT2D eigenvalue weighted by atomic mass is 35.5. The molecule has 0 saturated carbocycles. The molecule has 0 radical (unpaired) electrons. The monoisotopic (exact) mass is 394 g/mol. The summed E-state index contributed by atoms with van der Waals surface area (Å²) >= 11 is 6.13. The lowest BCUT2D eigenvalue weighted by atomic mass is 10.0. The van der Waals surface area contributed by atoms with Gasteiger partial charge in [0.2, 0.25) is 0 Å². The van der Waals surface area contributed by atoms with Crippen molar-refractivity contribution in [2.75, 3.05) is 24.4 Å². The van der Waals surface area contributed by atoms with Gasteiger partial charge in [-0.1, -0.05) is 29.8 Å². The molecule has 142 valence electrons. The van der Waals surface area contributed by atoms with Gasteiger partial charge < -0.3 is 20.5 Å². The van der Waals surface area contributed by atoms with Crippen molar-refractivity contribution in [3.05, 3.63) is 70.7 Å². The van der Waals surface area contributed by atoms with Crippen LogP contribution in [-0.4, -0.2) is 24.7 Å². The summed E-state index contributed by atoms with van der Waals surface area (Å²) in [5, 5.41) is 16.0. The summed E-state index contributed by atoms with van der Waals surface area (Å²) in [6.45, 7) is 0.0638. The summed E-state index contributed by atoms with van der Waals surface area (Å²) < 4.78 is 5.30. The quantitative estimate of drug-likeness (QED) is 0.591. The number of amides is 1. The van der Waals surface area contributed by atoms with E-state index in [1.807, 2.05) is 42.5 Å². The normalized spacial score (nSPS) is 12.3. The standard InChI is InChI=1S/C22H19ClN2O3/c1-28-21-12-15(4-6-17(21)23)14-3-5-16-19(11-14)24-18-7-2-13(8-9-26)10-20(18)25-22(16)27/h2-7,10-12,24,26H,8-9H2,1H3,(H,25,27). The Bertz CT molecular complexity index is 1070. The Balaban J connectivity index is 1.74. The SMILES string of the molecule is COc1cc(-c2ccc3c(c2)Nc2ccc(CCO)cc2NC3=O)ccc1Cl. The lowest BCUT2D eigenvalue weighted by molar-refractivity contribution is 0.102. The molecule has 6 heteroatoms. The number of hydrogen-bond acceptors (Lipinski definition) is 4. The molecular weight excluding hydrogens is 376 g/mol. The predicted octanol–water partition coefficient (Wildman–Crippen LogP) is 4.86. The number of anilines is 3. The molecule has 0 saturated heterocycles. The molecule has 0 aliphatic carbocycles. The van der Waals surface area contributed by atoms with Crippen LogP contribution in [0.1, 0.15) is 15.9 Å². The molecular formula is C22H19ClN2O3. The third-order valence-corrected chi connectivity index (χ3v) is 5.06. The van der Waals surface area contributed by atoms with Gasteiger partial charge in [0.25, 0.3) is 5.91 Å². The number of nitrogens with one attached hydrogen (secondary N) is 2. The second-order valence-corrected chi connectivity index (χ2v) is 6.95. The number of aliphatic hydroxyl groups excluding tert-OH is 1. The number of carbonyl (C=O) groups is 1. The maximum absolute atomic E-state index is 12.7. The molecule has 1 aliphatic heterocycles. The van der Waals surface area contributed by atoms with Gasteiger partial charge in [-0.05, 0) is 59.5 Å². The van der Waals surface area contributed by atoms with E-state index in [2.05, 4.69) is 10.6 Å². The van der Waals surface area contributed by atoms with Crippen molar-refractivity contribution in [1.82, 2.24) is 0 Å². The number of carbonyl (C=O) groups excluding carboxylic acids is 1. The van der Waals surface area contributed by atoms with Gasteiger partial charge >= 0.3 is 0 Å². The van der Waals surface area contributed by atoms with Crippen molar-refractivity contribution in [2.45, 2.75) is 6.42 Å². The van der Waals surface area contributed by atoms with E-state index in [1.165, 1.54) is 0 Å². The molecule has 4 rings (SSSR count). The van der Waals surface area contributed by atoms with E-state index in [9.17, 15) is 4.79 Å². The Morgan fingerprint density at radius 2 is 1.71 bits per heavy atom. The van der Waals surface area contributed by atoms with Crippen LogP contribution in [0.2, 0.25) is 5.02 Å². The van der Waals surface area contributed by atoms with E-state index in [0.717, 1.165) is 28.1 Å². The van der Waals surface area contributed by atoms with E-state index < -0.39 is 0 Å². The first kappa shape index (κ1) is 18.3. The summed E-state index contributed by atoms with van der Waals surface area (Å²) in [7, 11) is 1.58. The van der Waals surface area contributed by atoms with Crippen molar-refractivity contribution in [3.8, 4) is 16.9 Å². The second-order valence-electron chi connectivity index (χ2n) is 6.54. The minimum atomic E-state index is -0.178. The zero-order valence-corrected chi connectivity index (χ0v) is 16.0. The molecule has 0 spiro atoms. The van der Waals surface area contributed by atoms with Crippen LogP contribution in [0.5, 0.6) is 5.75 Å². The Kier molecular flexibility index (Phi) is 4.94. The van der Waals surface area contributed by atoms with Gasteiger partial charge in [-0.2, -0.15) is 0 Å². The average molecular weight is 395 g/mol. The van der Waals surface area contributed by atoms with Gasteiger partial charge in [-0.25, -0.2) is 0 Å². The molecule has 3 N–H and O–H groups in total. The van der Waals surface area contributed by atoms with E-state index in [0.29, 0.717) is 28.4 Å². The van der Waals surface area contributed by atoms with Crippen LogP contribution in [0, 0.1) is 0 Å². The smallest absolute Gasteiger partial charge is 0.257 e. The highest BCUT2D eigenvalue weighted by molar-refractivity contribution is 6.32. The molecule has 0 atom stereocenters. The third-order valence-electron chi connectivity index (χ3n) is 4.75. The lowest BCUT2D eigenvalue weighted by Crippen LogP contribution is -2.11. The van der Waals surface area contributed by atoms with Gasteiger partial charge in [0, 0.05) is 6.61 Å². The molecule has 28 heavy (non-hydrogen) atoms. The minimum Gasteiger partial charge on any atom is -0.495 e. The number of aliphatic hydroxyl groups is 1. The largest absolute Gasteiger partial charge is 0.495 e. The molecule has 3 aromatic rings. The van der Waals surface area contributed by atoms with E-state index in [-0.39, 0.29) is 12.5 Å². The summed E-state index contributed by atoms with van der Waals surface area (Å²) in [5.74, 6) is 0.421. The van der Waals surface area contributed by atoms with Crippen LogP contribution in [0.25, 0.3) is 11.1 Å². The number of rotatable bonds is 4. The summed E-state index contributed by atoms with van der Waals surface area (Å²) in [6.07, 6.45) is 0.540. The third kappa shape index (κ3) is 3.42. The predicted molar refractivity (Wildman–Crippen MR) is 112 cm³/mol. The van der Waals surface area contributed by atoms with Gasteiger partial charge in [0.1, 0.15) is 5.75 Å². The molecule has 1 heterocycles. The molecule has 1 amide bonds. The van der Waals surface area contributed by atoms with Crippen LogP contribution in [-0.2, 0) is 6.42 Å².